The van der Waals surface area contributed by atoms with Gasteiger partial charge >= 0.3 is 29.8 Å². The number of carbonyl (C=O) groups is 5. The zero-order valence-corrected chi connectivity index (χ0v) is 25.4. The SMILES string of the molecule is COC[C@@]12C(=O)O[C@H]3[C@H]4[C@@H]([N+](=O)[O-])[C@](CC[C@H]1OC(C)=O)([C@@H]1C[C@]5(OC(C)=O)[C@@H](OC)C[C@@]4(OC(C)=O)[C@H]1[C@H]5OC(C)=O)[C@H]32. The van der Waals surface area contributed by atoms with Gasteiger partial charge in [0.05, 0.1) is 6.61 Å². The zero-order chi connectivity index (χ0) is 32.1. The summed E-state index contributed by atoms with van der Waals surface area (Å²) in [5, 5.41) is 13.3. The van der Waals surface area contributed by atoms with Crippen molar-refractivity contribution in [2.24, 2.45) is 34.5 Å². The van der Waals surface area contributed by atoms with Gasteiger partial charge in [-0.1, -0.05) is 0 Å². The van der Waals surface area contributed by atoms with Crippen LogP contribution in [0, 0.1) is 44.6 Å². The van der Waals surface area contributed by atoms with Gasteiger partial charge in [-0.2, -0.15) is 0 Å². The fourth-order valence-electron chi connectivity index (χ4n) is 11.1. The normalized spacial score (nSPS) is 47.2. The van der Waals surface area contributed by atoms with E-state index in [4.69, 9.17) is 33.2 Å². The number of methoxy groups -OCH3 is 2. The van der Waals surface area contributed by atoms with Crippen molar-refractivity contribution in [3.63, 3.8) is 0 Å². The molecule has 5 saturated carbocycles. The van der Waals surface area contributed by atoms with Crippen molar-refractivity contribution < 1.29 is 62.1 Å². The molecule has 0 aromatic rings. The Kier molecular flexibility index (Phi) is 6.86. The molecule has 6 aliphatic rings. The Labute approximate surface area is 252 Å². The highest BCUT2D eigenvalue weighted by molar-refractivity contribution is 5.83. The Morgan fingerprint density at radius 2 is 1.55 bits per heavy atom. The molecule has 15 nitrogen and oxygen atoms in total. The third kappa shape index (κ3) is 3.53. The largest absolute Gasteiger partial charge is 0.461 e. The maximum absolute atomic E-state index is 14.0. The van der Waals surface area contributed by atoms with Crippen LogP contribution in [0.4, 0.5) is 0 Å². The highest BCUT2D eigenvalue weighted by atomic mass is 16.6. The first-order chi connectivity index (χ1) is 20.7. The third-order valence-electron chi connectivity index (χ3n) is 11.6. The molecule has 0 unspecified atom stereocenters. The van der Waals surface area contributed by atoms with E-state index in [1.165, 1.54) is 41.9 Å². The number of hydrogen-bond donors (Lipinski definition) is 0. The Hall–Kier alpha value is -3.33. The minimum Gasteiger partial charge on any atom is -0.461 e. The number of nitro groups is 1. The quantitative estimate of drug-likeness (QED) is 0.159. The second-order valence-corrected chi connectivity index (χ2v) is 13.2. The van der Waals surface area contributed by atoms with Crippen LogP contribution in [-0.2, 0) is 57.1 Å². The molecule has 0 N–H and O–H groups in total. The van der Waals surface area contributed by atoms with Crippen molar-refractivity contribution in [2.45, 2.75) is 95.0 Å². The van der Waals surface area contributed by atoms with Gasteiger partial charge in [0.1, 0.15) is 35.2 Å². The van der Waals surface area contributed by atoms with Crippen molar-refractivity contribution in [1.29, 1.82) is 0 Å². The summed E-state index contributed by atoms with van der Waals surface area (Å²) in [6, 6.07) is -1.39. The molecule has 44 heavy (non-hydrogen) atoms. The predicted molar refractivity (Wildman–Crippen MR) is 141 cm³/mol. The maximum atomic E-state index is 14.0. The highest BCUT2D eigenvalue weighted by Gasteiger charge is 2.93. The van der Waals surface area contributed by atoms with Crippen LogP contribution in [0.3, 0.4) is 0 Å². The zero-order valence-electron chi connectivity index (χ0n) is 25.4. The number of carbonyl (C=O) groups excluding carboxylic acids is 5. The molecule has 0 amide bonds. The van der Waals surface area contributed by atoms with E-state index < -0.39 is 111 Å². The molecule has 242 valence electrons. The van der Waals surface area contributed by atoms with E-state index in [1.54, 1.807) is 0 Å². The summed E-state index contributed by atoms with van der Waals surface area (Å²) < 4.78 is 41.4. The lowest BCUT2D eigenvalue weighted by Gasteiger charge is -2.59. The van der Waals surface area contributed by atoms with Gasteiger partial charge in [0.25, 0.3) is 0 Å². The van der Waals surface area contributed by atoms with E-state index in [0.29, 0.717) is 0 Å². The smallest absolute Gasteiger partial charge is 0.319 e. The molecule has 15 heteroatoms. The van der Waals surface area contributed by atoms with Gasteiger partial charge < -0.3 is 33.2 Å². The summed E-state index contributed by atoms with van der Waals surface area (Å²) in [7, 11) is 2.75. The Morgan fingerprint density at radius 3 is 2.09 bits per heavy atom. The molecular formula is C29H37NO14. The number of hydrogen-bond acceptors (Lipinski definition) is 14. The lowest BCUT2D eigenvalue weighted by molar-refractivity contribution is -0.566. The van der Waals surface area contributed by atoms with Crippen LogP contribution >= 0.6 is 0 Å². The van der Waals surface area contributed by atoms with Crippen molar-refractivity contribution in [3.05, 3.63) is 10.1 Å². The Balaban J connectivity index is 1.67. The monoisotopic (exact) mass is 623 g/mol. The predicted octanol–water partition coefficient (Wildman–Crippen LogP) is 0.752. The maximum Gasteiger partial charge on any atom is 0.319 e. The van der Waals surface area contributed by atoms with E-state index in [0.717, 1.165) is 0 Å². The lowest BCUT2D eigenvalue weighted by Crippen LogP contribution is -2.73. The third-order valence-corrected chi connectivity index (χ3v) is 11.6. The van der Waals surface area contributed by atoms with Gasteiger partial charge in [-0.05, 0) is 25.2 Å². The fourth-order valence-corrected chi connectivity index (χ4v) is 11.1. The number of fused-ring (bicyclic) bond motifs is 2. The number of esters is 5. The molecule has 0 aromatic carbocycles. The van der Waals surface area contributed by atoms with Gasteiger partial charge in [-0.15, -0.1) is 0 Å². The van der Waals surface area contributed by atoms with Crippen LogP contribution in [-0.4, -0.2) is 97.3 Å². The van der Waals surface area contributed by atoms with Crippen molar-refractivity contribution in [1.82, 2.24) is 0 Å². The molecule has 6 rings (SSSR count). The van der Waals surface area contributed by atoms with Gasteiger partial charge in [0.2, 0.25) is 6.04 Å². The summed E-state index contributed by atoms with van der Waals surface area (Å²) in [6.45, 7) is 4.55. The van der Waals surface area contributed by atoms with Crippen molar-refractivity contribution in [2.75, 3.05) is 20.8 Å². The van der Waals surface area contributed by atoms with Crippen molar-refractivity contribution >= 4 is 29.8 Å². The standard InChI is InChI=1S/C29H37NO14/c1-12(31)40-17-7-8-26-16-9-28(43-14(3)33)18(39-6)10-29(44-15(4)34,19(16)24(28)41-13(2)32)20(23(26)30(36)37)21-22(26)27(17,11-38-5)25(35)42-21/h16-24H,7-11H2,1-6H3/t16-,17-,18+,19-,20+,21+,22+,23-,24-,26-,27-,28+,29-/m1/s1. The molecule has 1 saturated heterocycles. The molecule has 5 aliphatic carbocycles. The van der Waals surface area contributed by atoms with E-state index in [9.17, 15) is 34.1 Å². The van der Waals surface area contributed by atoms with Crippen LogP contribution in [0.2, 0.25) is 0 Å². The van der Waals surface area contributed by atoms with Crippen LogP contribution in [0.15, 0.2) is 0 Å². The first-order valence-electron chi connectivity index (χ1n) is 14.8. The molecule has 13 atom stereocenters. The summed E-state index contributed by atoms with van der Waals surface area (Å²) in [5.41, 5.74) is -6.21. The molecule has 6 fully saturated rings. The lowest BCUT2D eigenvalue weighted by atomic mass is 9.46. The van der Waals surface area contributed by atoms with Crippen LogP contribution in [0.1, 0.15) is 53.4 Å². The topological polar surface area (TPSA) is 193 Å². The number of rotatable bonds is 8. The fraction of sp³-hybridized carbons (Fsp3) is 0.828. The summed E-state index contributed by atoms with van der Waals surface area (Å²) in [4.78, 5) is 77.4. The second kappa shape index (κ2) is 9.83. The Bertz CT molecular complexity index is 1330. The number of ether oxygens (including phenoxy) is 7. The van der Waals surface area contributed by atoms with Crippen LogP contribution < -0.4 is 0 Å². The second-order valence-electron chi connectivity index (χ2n) is 13.2. The summed E-state index contributed by atoms with van der Waals surface area (Å²) in [5.74, 6) is -7.23. The number of nitrogens with zero attached hydrogens (tertiary/aromatic N) is 1. The molecule has 0 aromatic heterocycles. The van der Waals surface area contributed by atoms with Crippen LogP contribution in [0.5, 0.6) is 0 Å². The molecular weight excluding hydrogens is 586 g/mol. The first-order valence-corrected chi connectivity index (χ1v) is 14.8. The van der Waals surface area contributed by atoms with E-state index >= 15 is 0 Å². The van der Waals surface area contributed by atoms with E-state index in [2.05, 4.69) is 0 Å². The van der Waals surface area contributed by atoms with E-state index in [1.807, 2.05) is 0 Å². The van der Waals surface area contributed by atoms with Gasteiger partial charge in [0, 0.05) is 70.5 Å². The van der Waals surface area contributed by atoms with Gasteiger partial charge in [-0.3, -0.25) is 34.1 Å². The van der Waals surface area contributed by atoms with Gasteiger partial charge in [-0.25, -0.2) is 0 Å². The average Bonchev–Trinajstić information content (AvgIpc) is 3.46. The van der Waals surface area contributed by atoms with E-state index in [-0.39, 0.29) is 32.3 Å². The summed E-state index contributed by atoms with van der Waals surface area (Å²) in [6.07, 6.45) is -4.30. The van der Waals surface area contributed by atoms with Gasteiger partial charge in [0.15, 0.2) is 11.7 Å². The molecule has 0 radical (unpaired) electrons. The average molecular weight is 624 g/mol. The molecule has 1 heterocycles. The first kappa shape index (κ1) is 30.7. The van der Waals surface area contributed by atoms with Crippen LogP contribution in [0.25, 0.3) is 0 Å². The molecule has 1 aliphatic heterocycles. The Morgan fingerprint density at radius 1 is 0.909 bits per heavy atom. The minimum absolute atomic E-state index is 0.0352. The minimum atomic E-state index is -1.72. The highest BCUT2D eigenvalue weighted by Crippen LogP contribution is 2.80. The summed E-state index contributed by atoms with van der Waals surface area (Å²) >= 11 is 0. The molecule has 4 bridgehead atoms. The molecule has 0 spiro atoms. The van der Waals surface area contributed by atoms with Crippen molar-refractivity contribution in [3.8, 4) is 0 Å².